The van der Waals surface area contributed by atoms with Crippen LogP contribution >= 0.6 is 22.9 Å². The number of benzene rings is 1. The highest BCUT2D eigenvalue weighted by Gasteiger charge is 1.99. The summed E-state index contributed by atoms with van der Waals surface area (Å²) in [7, 11) is 0. The maximum Gasteiger partial charge on any atom is 0.250 e. The second kappa shape index (κ2) is 4.61. The third-order valence-electron chi connectivity index (χ3n) is 2.05. The van der Waals surface area contributed by atoms with Crippen LogP contribution in [0.4, 0.5) is 5.95 Å². The third-order valence-corrected chi connectivity index (χ3v) is 2.53. The van der Waals surface area contributed by atoms with Gasteiger partial charge in [0.05, 0.1) is 29.4 Å². The Morgan fingerprint density at radius 1 is 1.47 bits per heavy atom. The molecule has 15 heavy (non-hydrogen) atoms. The first-order chi connectivity index (χ1) is 7.28. The van der Waals surface area contributed by atoms with Gasteiger partial charge in [0, 0.05) is 0 Å². The molecule has 0 saturated heterocycles. The van der Waals surface area contributed by atoms with Crippen molar-refractivity contribution in [1.29, 1.82) is 0 Å². The van der Waals surface area contributed by atoms with Crippen LogP contribution in [-0.2, 0) is 6.54 Å². The summed E-state index contributed by atoms with van der Waals surface area (Å²) in [4.78, 5) is 4.09. The molecule has 78 valence electrons. The molecule has 1 aromatic heterocycles. The molecule has 0 saturated carbocycles. The molecule has 1 aromatic carbocycles. The molecular formula is C10H11IN4. The fourth-order valence-corrected chi connectivity index (χ4v) is 1.66. The van der Waals surface area contributed by atoms with Gasteiger partial charge in [0.2, 0.25) is 0 Å². The Morgan fingerprint density at radius 2 is 2.33 bits per heavy atom. The van der Waals surface area contributed by atoms with E-state index in [0.29, 0.717) is 5.95 Å². The van der Waals surface area contributed by atoms with Crippen LogP contribution in [0, 0.1) is 6.92 Å². The van der Waals surface area contributed by atoms with Crippen LogP contribution in [0.15, 0.2) is 30.6 Å². The number of aromatic nitrogens is 3. The largest absolute Gasteiger partial charge is 0.296 e. The van der Waals surface area contributed by atoms with Gasteiger partial charge in [-0.1, -0.05) is 29.8 Å². The van der Waals surface area contributed by atoms with Gasteiger partial charge in [-0.05, 0) is 12.5 Å². The lowest BCUT2D eigenvalue weighted by Crippen LogP contribution is -2.00. The van der Waals surface area contributed by atoms with E-state index in [1.54, 1.807) is 6.33 Å². The third kappa shape index (κ3) is 2.68. The molecule has 5 heteroatoms. The lowest BCUT2D eigenvalue weighted by Gasteiger charge is -2.01. The molecule has 0 spiro atoms. The quantitative estimate of drug-likeness (QED) is 0.699. The molecule has 0 atom stereocenters. The molecule has 0 fully saturated rings. The molecule has 1 heterocycles. The summed E-state index contributed by atoms with van der Waals surface area (Å²) in [5, 5.41) is 4.24. The molecule has 1 N–H and O–H groups in total. The first-order valence-corrected chi connectivity index (χ1v) is 5.67. The molecule has 0 bridgehead atoms. The van der Waals surface area contributed by atoms with Crippen LogP contribution in [-0.4, -0.2) is 14.8 Å². The fourth-order valence-electron chi connectivity index (χ4n) is 1.41. The van der Waals surface area contributed by atoms with Crippen LogP contribution in [0.25, 0.3) is 0 Å². The summed E-state index contributed by atoms with van der Waals surface area (Å²) in [6.45, 7) is 2.84. The highest BCUT2D eigenvalue weighted by Crippen LogP contribution is 2.06. The van der Waals surface area contributed by atoms with Gasteiger partial charge in [-0.15, -0.1) is 5.10 Å². The molecule has 0 amide bonds. The number of nitrogens with one attached hydrogen (secondary N) is 1. The van der Waals surface area contributed by atoms with Gasteiger partial charge < -0.3 is 0 Å². The molecule has 2 rings (SSSR count). The van der Waals surface area contributed by atoms with E-state index in [1.807, 2.05) is 27.5 Å². The second-order valence-corrected chi connectivity index (χ2v) is 3.89. The van der Waals surface area contributed by atoms with Crippen LogP contribution in [0.1, 0.15) is 11.1 Å². The van der Waals surface area contributed by atoms with Crippen molar-refractivity contribution in [3.05, 3.63) is 41.7 Å². The Morgan fingerprint density at radius 3 is 3.00 bits per heavy atom. The Balaban J connectivity index is 2.14. The van der Waals surface area contributed by atoms with Crippen molar-refractivity contribution in [2.75, 3.05) is 3.53 Å². The smallest absolute Gasteiger partial charge is 0.250 e. The van der Waals surface area contributed by atoms with E-state index >= 15 is 0 Å². The number of rotatable bonds is 3. The van der Waals surface area contributed by atoms with Crippen molar-refractivity contribution in [2.24, 2.45) is 0 Å². The average Bonchev–Trinajstić information content (AvgIpc) is 2.65. The summed E-state index contributed by atoms with van der Waals surface area (Å²) in [5.74, 6) is 0.642. The summed E-state index contributed by atoms with van der Waals surface area (Å²) < 4.78 is 4.69. The van der Waals surface area contributed by atoms with Gasteiger partial charge >= 0.3 is 0 Å². The van der Waals surface area contributed by atoms with Crippen LogP contribution < -0.4 is 3.53 Å². The monoisotopic (exact) mass is 314 g/mol. The Labute approximate surface area is 102 Å². The molecule has 4 nitrogen and oxygen atoms in total. The SMILES string of the molecule is Cc1cccc(Cn2cnc(NI)n2)c1. The number of hydrogen-bond acceptors (Lipinski definition) is 3. The zero-order valence-electron chi connectivity index (χ0n) is 8.31. The minimum atomic E-state index is 0.642. The molecular weight excluding hydrogens is 303 g/mol. The zero-order valence-corrected chi connectivity index (χ0v) is 10.5. The van der Waals surface area contributed by atoms with E-state index in [1.165, 1.54) is 11.1 Å². The highest BCUT2D eigenvalue weighted by molar-refractivity contribution is 14.1. The average molecular weight is 314 g/mol. The topological polar surface area (TPSA) is 42.7 Å². The molecule has 0 aliphatic carbocycles. The van der Waals surface area contributed by atoms with Crippen molar-refractivity contribution < 1.29 is 0 Å². The number of anilines is 1. The van der Waals surface area contributed by atoms with Crippen LogP contribution in [0.2, 0.25) is 0 Å². The van der Waals surface area contributed by atoms with E-state index in [4.69, 9.17) is 0 Å². The van der Waals surface area contributed by atoms with Crippen molar-refractivity contribution >= 4 is 28.8 Å². The van der Waals surface area contributed by atoms with E-state index < -0.39 is 0 Å². The second-order valence-electron chi connectivity index (χ2n) is 3.35. The number of nitrogens with zero attached hydrogens (tertiary/aromatic N) is 3. The maximum atomic E-state index is 4.24. The van der Waals surface area contributed by atoms with E-state index in [2.05, 4.69) is 44.8 Å². The maximum absolute atomic E-state index is 4.24. The first-order valence-electron chi connectivity index (χ1n) is 4.59. The first kappa shape index (κ1) is 10.4. The predicted octanol–water partition coefficient (Wildman–Crippen LogP) is 2.40. The minimum absolute atomic E-state index is 0.642. The van der Waals surface area contributed by atoms with Gasteiger partial charge in [-0.3, -0.25) is 3.53 Å². The standard InChI is InChI=1S/C10H11IN4/c1-8-3-2-4-9(5-8)6-15-7-12-10(13-11)14-15/h2-5,7H,6H2,1H3,(H,13,14). The van der Waals surface area contributed by atoms with Crippen molar-refractivity contribution in [3.63, 3.8) is 0 Å². The van der Waals surface area contributed by atoms with Gasteiger partial charge in [-0.2, -0.15) is 4.98 Å². The van der Waals surface area contributed by atoms with Gasteiger partial charge in [0.25, 0.3) is 5.95 Å². The fraction of sp³-hybridized carbons (Fsp3) is 0.200. The Bertz CT molecular complexity index is 452. The summed E-state index contributed by atoms with van der Waals surface area (Å²) in [5.41, 5.74) is 2.50. The molecule has 0 aliphatic heterocycles. The zero-order chi connectivity index (χ0) is 10.7. The Hall–Kier alpha value is -1.11. The lowest BCUT2D eigenvalue weighted by atomic mass is 10.1. The van der Waals surface area contributed by atoms with Crippen molar-refractivity contribution in [2.45, 2.75) is 13.5 Å². The van der Waals surface area contributed by atoms with Crippen molar-refractivity contribution in [3.8, 4) is 0 Å². The van der Waals surface area contributed by atoms with E-state index in [0.717, 1.165) is 6.54 Å². The summed E-state index contributed by atoms with van der Waals surface area (Å²) in [6.07, 6.45) is 1.73. The lowest BCUT2D eigenvalue weighted by molar-refractivity contribution is 0.687. The number of hydrogen-bond donors (Lipinski definition) is 1. The Kier molecular flexibility index (Phi) is 3.20. The number of halogens is 1. The highest BCUT2D eigenvalue weighted by atomic mass is 127. The normalized spacial score (nSPS) is 10.3. The molecule has 0 aliphatic rings. The van der Waals surface area contributed by atoms with Crippen LogP contribution in [0.3, 0.4) is 0 Å². The number of aryl methyl sites for hydroxylation is 1. The molecule has 0 radical (unpaired) electrons. The summed E-state index contributed by atoms with van der Waals surface area (Å²) >= 11 is 2.01. The molecule has 2 aromatic rings. The van der Waals surface area contributed by atoms with Crippen LogP contribution in [0.5, 0.6) is 0 Å². The van der Waals surface area contributed by atoms with E-state index in [-0.39, 0.29) is 0 Å². The minimum Gasteiger partial charge on any atom is -0.296 e. The molecule has 0 unspecified atom stereocenters. The van der Waals surface area contributed by atoms with Crippen molar-refractivity contribution in [1.82, 2.24) is 14.8 Å². The predicted molar refractivity (Wildman–Crippen MR) is 67.9 cm³/mol. The summed E-state index contributed by atoms with van der Waals surface area (Å²) in [6, 6.07) is 8.38. The van der Waals surface area contributed by atoms with Gasteiger partial charge in [0.1, 0.15) is 6.33 Å². The van der Waals surface area contributed by atoms with Gasteiger partial charge in [-0.25, -0.2) is 4.68 Å². The van der Waals surface area contributed by atoms with Gasteiger partial charge in [0.15, 0.2) is 0 Å². The van der Waals surface area contributed by atoms with E-state index in [9.17, 15) is 0 Å².